The first kappa shape index (κ1) is 18.2. The molecule has 8 heteroatoms. The molecular weight excluding hydrogens is 345 g/mol. The average molecular weight is 369 g/mol. The Morgan fingerprint density at radius 2 is 1.74 bits per heavy atom. The number of hydrogen-bond donors (Lipinski definition) is 0. The highest BCUT2D eigenvalue weighted by molar-refractivity contribution is 6.62. The summed E-state index contributed by atoms with van der Waals surface area (Å²) in [7, 11) is -0.355. The van der Waals surface area contributed by atoms with Crippen molar-refractivity contribution in [1.82, 2.24) is 9.55 Å². The second kappa shape index (κ2) is 6.17. The van der Waals surface area contributed by atoms with Crippen LogP contribution in [0.1, 0.15) is 58.1 Å². The number of rotatable bonds is 4. The number of aromatic nitrogens is 2. The lowest BCUT2D eigenvalue weighted by molar-refractivity contribution is -0.397. The molecule has 0 radical (unpaired) electrons. The maximum Gasteiger partial charge on any atom is 0.494 e. The maximum atomic E-state index is 11.0. The van der Waals surface area contributed by atoms with Gasteiger partial charge in [0.25, 0.3) is 0 Å². The topological polar surface area (TPSA) is 79.4 Å². The van der Waals surface area contributed by atoms with Crippen molar-refractivity contribution in [2.75, 3.05) is 0 Å². The molecule has 1 aromatic carbocycles. The van der Waals surface area contributed by atoms with Gasteiger partial charge in [0.15, 0.2) is 0 Å². The zero-order valence-corrected chi connectivity index (χ0v) is 16.1. The molecule has 2 aliphatic rings. The molecule has 2 aromatic rings. The Kier molecular flexibility index (Phi) is 4.16. The minimum absolute atomic E-state index is 0.0745. The Balaban J connectivity index is 1.41. The maximum absolute atomic E-state index is 11.0. The third kappa shape index (κ3) is 3.06. The van der Waals surface area contributed by atoms with Crippen LogP contribution in [0.5, 0.6) is 0 Å². The second-order valence-corrected chi connectivity index (χ2v) is 8.47. The van der Waals surface area contributed by atoms with E-state index in [1.54, 1.807) is 10.8 Å². The molecule has 0 N–H and O–H groups in total. The van der Waals surface area contributed by atoms with Gasteiger partial charge in [-0.05, 0) is 62.4 Å². The first-order chi connectivity index (χ1) is 12.7. The van der Waals surface area contributed by atoms with Crippen LogP contribution in [-0.2, 0) is 9.31 Å². The van der Waals surface area contributed by atoms with E-state index in [4.69, 9.17) is 9.31 Å². The first-order valence-electron chi connectivity index (χ1n) is 9.31. The predicted octanol–water partition coefficient (Wildman–Crippen LogP) is 3.21. The largest absolute Gasteiger partial charge is 0.494 e. The lowest BCUT2D eigenvalue weighted by Gasteiger charge is -2.34. The van der Waals surface area contributed by atoms with Crippen LogP contribution in [-0.4, -0.2) is 32.8 Å². The summed E-state index contributed by atoms with van der Waals surface area (Å²) in [5, 5.41) is 11.0. The predicted molar refractivity (Wildman–Crippen MR) is 102 cm³/mol. The molecule has 0 spiro atoms. The van der Waals surface area contributed by atoms with E-state index < -0.39 is 4.92 Å². The van der Waals surface area contributed by atoms with Crippen LogP contribution >= 0.6 is 0 Å². The van der Waals surface area contributed by atoms with Crippen LogP contribution in [0.15, 0.2) is 36.7 Å². The normalized spacial score (nSPS) is 26.0. The molecule has 0 amide bonds. The Bertz CT molecular complexity index is 840. The van der Waals surface area contributed by atoms with Crippen molar-refractivity contribution >= 4 is 18.5 Å². The van der Waals surface area contributed by atoms with Gasteiger partial charge in [-0.2, -0.15) is 0 Å². The Morgan fingerprint density at radius 3 is 2.30 bits per heavy atom. The monoisotopic (exact) mass is 369 g/mol. The summed E-state index contributed by atoms with van der Waals surface area (Å²) < 4.78 is 13.9. The number of imidazole rings is 1. The van der Waals surface area contributed by atoms with Gasteiger partial charge in [-0.25, -0.2) is 4.57 Å². The zero-order valence-electron chi connectivity index (χ0n) is 16.1. The van der Waals surface area contributed by atoms with Crippen molar-refractivity contribution < 1.29 is 14.2 Å². The molecule has 1 aliphatic carbocycles. The van der Waals surface area contributed by atoms with Crippen LogP contribution in [0.25, 0.3) is 0 Å². The fourth-order valence-electron chi connectivity index (χ4n) is 3.72. The fraction of sp³-hybridized carbons (Fsp3) is 0.526. The lowest BCUT2D eigenvalue weighted by atomic mass is 9.73. The molecular formula is C19H24BN3O4. The Labute approximate surface area is 159 Å². The molecule has 1 aromatic heterocycles. The van der Waals surface area contributed by atoms with Gasteiger partial charge in [0.2, 0.25) is 0 Å². The van der Waals surface area contributed by atoms with E-state index in [2.05, 4.69) is 29.2 Å². The van der Waals surface area contributed by atoms with Gasteiger partial charge in [0.05, 0.1) is 17.2 Å². The van der Waals surface area contributed by atoms with Crippen LogP contribution < -0.4 is 5.46 Å². The van der Waals surface area contributed by atoms with Crippen LogP contribution in [0.4, 0.5) is 5.95 Å². The van der Waals surface area contributed by atoms with Crippen LogP contribution in [0.3, 0.4) is 0 Å². The molecule has 1 aliphatic heterocycles. The first-order valence-corrected chi connectivity index (χ1v) is 9.31. The van der Waals surface area contributed by atoms with Crippen molar-refractivity contribution in [2.45, 2.75) is 63.7 Å². The summed E-state index contributed by atoms with van der Waals surface area (Å²) in [6, 6.07) is 8.49. The number of benzene rings is 1. The van der Waals surface area contributed by atoms with Crippen molar-refractivity contribution in [2.24, 2.45) is 0 Å². The Hall–Kier alpha value is -2.19. The zero-order chi connectivity index (χ0) is 19.4. The SMILES string of the molecule is CC1(C)OB(c2ccc(C3CC(n4ccnc4[N+](=O)[O-])C3)cc2)OC1(C)C. The minimum atomic E-state index is -0.424. The van der Waals surface area contributed by atoms with E-state index in [0.29, 0.717) is 5.92 Å². The number of nitrogens with zero attached hydrogens (tertiary/aromatic N) is 3. The van der Waals surface area contributed by atoms with Crippen molar-refractivity contribution in [1.29, 1.82) is 0 Å². The second-order valence-electron chi connectivity index (χ2n) is 8.47. The molecule has 0 atom stereocenters. The molecule has 2 fully saturated rings. The van der Waals surface area contributed by atoms with Gasteiger partial charge in [-0.3, -0.25) is 0 Å². The summed E-state index contributed by atoms with van der Waals surface area (Å²) in [5.74, 6) is 0.332. The molecule has 7 nitrogen and oxygen atoms in total. The van der Waals surface area contributed by atoms with E-state index in [0.717, 1.165) is 18.3 Å². The van der Waals surface area contributed by atoms with Gasteiger partial charge in [-0.15, -0.1) is 0 Å². The average Bonchev–Trinajstić information content (AvgIpc) is 3.10. The van der Waals surface area contributed by atoms with E-state index in [9.17, 15) is 10.1 Å². The van der Waals surface area contributed by atoms with Gasteiger partial charge in [0, 0.05) is 0 Å². The Morgan fingerprint density at radius 1 is 1.15 bits per heavy atom. The van der Waals surface area contributed by atoms with E-state index in [1.807, 2.05) is 27.7 Å². The quantitative estimate of drug-likeness (QED) is 0.470. The highest BCUT2D eigenvalue weighted by Gasteiger charge is 2.51. The molecule has 4 rings (SSSR count). The van der Waals surface area contributed by atoms with Gasteiger partial charge in [-0.1, -0.05) is 29.2 Å². The van der Waals surface area contributed by atoms with Gasteiger partial charge < -0.3 is 19.4 Å². The highest BCUT2D eigenvalue weighted by atomic mass is 16.7. The standard InChI is InChI=1S/C19H24BN3O4/c1-18(2)19(3,4)27-20(26-18)15-7-5-13(6-8-15)14-11-16(12-14)22-10-9-21-17(22)23(24)25/h5-10,14,16H,11-12H2,1-4H3. The van der Waals surface area contributed by atoms with E-state index >= 15 is 0 Å². The molecule has 142 valence electrons. The molecule has 27 heavy (non-hydrogen) atoms. The molecule has 1 saturated heterocycles. The van der Waals surface area contributed by atoms with Crippen LogP contribution in [0.2, 0.25) is 0 Å². The van der Waals surface area contributed by atoms with Gasteiger partial charge in [0.1, 0.15) is 12.4 Å². The summed E-state index contributed by atoms with van der Waals surface area (Å²) in [5.41, 5.74) is 1.56. The van der Waals surface area contributed by atoms with E-state index in [-0.39, 0.29) is 30.3 Å². The summed E-state index contributed by atoms with van der Waals surface area (Å²) >= 11 is 0. The van der Waals surface area contributed by atoms with Crippen molar-refractivity contribution in [3.63, 3.8) is 0 Å². The third-order valence-electron chi connectivity index (χ3n) is 6.25. The highest BCUT2D eigenvalue weighted by Crippen LogP contribution is 2.45. The fourth-order valence-corrected chi connectivity index (χ4v) is 3.72. The lowest BCUT2D eigenvalue weighted by Crippen LogP contribution is -2.41. The van der Waals surface area contributed by atoms with Crippen LogP contribution in [0, 0.1) is 10.1 Å². The summed E-state index contributed by atoms with van der Waals surface area (Å²) in [4.78, 5) is 14.4. The molecule has 2 heterocycles. The number of hydrogen-bond acceptors (Lipinski definition) is 5. The summed E-state index contributed by atoms with van der Waals surface area (Å²) in [6.07, 6.45) is 4.95. The molecule has 0 bridgehead atoms. The van der Waals surface area contributed by atoms with Gasteiger partial charge >= 0.3 is 13.1 Å². The third-order valence-corrected chi connectivity index (χ3v) is 6.25. The number of nitro groups is 1. The van der Waals surface area contributed by atoms with Crippen molar-refractivity contribution in [3.8, 4) is 0 Å². The molecule has 1 saturated carbocycles. The molecule has 0 unspecified atom stereocenters. The minimum Gasteiger partial charge on any atom is -0.399 e. The van der Waals surface area contributed by atoms with Crippen molar-refractivity contribution in [3.05, 3.63) is 52.3 Å². The summed E-state index contributed by atoms with van der Waals surface area (Å²) in [6.45, 7) is 8.19. The van der Waals surface area contributed by atoms with E-state index in [1.165, 1.54) is 11.8 Å². The smallest absolute Gasteiger partial charge is 0.399 e.